The zero-order valence-corrected chi connectivity index (χ0v) is 16.1. The van der Waals surface area contributed by atoms with Crippen molar-refractivity contribution in [2.75, 3.05) is 10.7 Å². The maximum Gasteiger partial charge on any atom is 0.251 e. The smallest absolute Gasteiger partial charge is 0.251 e. The number of rotatable bonds is 5. The molecular formula is C23H20N2O2S. The zero-order valence-electron chi connectivity index (χ0n) is 15.3. The minimum absolute atomic E-state index is 0.0585. The van der Waals surface area contributed by atoms with E-state index < -0.39 is 0 Å². The second kappa shape index (κ2) is 8.31. The van der Waals surface area contributed by atoms with Crippen LogP contribution in [-0.4, -0.2) is 17.6 Å². The number of thioether (sulfide) groups is 1. The Bertz CT molecular complexity index is 990. The van der Waals surface area contributed by atoms with Crippen LogP contribution in [0, 0.1) is 0 Å². The molecule has 0 saturated heterocycles. The predicted octanol–water partition coefficient (Wildman–Crippen LogP) is 4.26. The first-order valence-corrected chi connectivity index (χ1v) is 10.1. The van der Waals surface area contributed by atoms with Gasteiger partial charge in [-0.25, -0.2) is 0 Å². The quantitative estimate of drug-likeness (QED) is 0.711. The molecule has 5 heteroatoms. The maximum absolute atomic E-state index is 12.6. The molecule has 3 aromatic rings. The van der Waals surface area contributed by atoms with Crippen LogP contribution in [-0.2, 0) is 17.9 Å². The van der Waals surface area contributed by atoms with Gasteiger partial charge in [-0.05, 0) is 29.3 Å². The van der Waals surface area contributed by atoms with E-state index in [1.165, 1.54) is 11.8 Å². The fraction of sp³-hybridized carbons (Fsp3) is 0.130. The summed E-state index contributed by atoms with van der Waals surface area (Å²) in [5.74, 6) is 0.330. The lowest BCUT2D eigenvalue weighted by molar-refractivity contribution is -0.116. The average molecular weight is 388 g/mol. The molecule has 1 aliphatic rings. The molecule has 3 aromatic carbocycles. The summed E-state index contributed by atoms with van der Waals surface area (Å²) in [6.45, 7) is 0.973. The first-order valence-electron chi connectivity index (χ1n) is 9.14. The topological polar surface area (TPSA) is 49.4 Å². The van der Waals surface area contributed by atoms with Gasteiger partial charge >= 0.3 is 0 Å². The van der Waals surface area contributed by atoms with Crippen molar-refractivity contribution < 1.29 is 9.59 Å². The van der Waals surface area contributed by atoms with Crippen LogP contribution in [0.2, 0.25) is 0 Å². The molecule has 0 radical (unpaired) electrons. The number of carbonyl (C=O) groups is 2. The summed E-state index contributed by atoms with van der Waals surface area (Å²) in [6.07, 6.45) is 0. The standard InChI is InChI=1S/C23H20N2O2S/c26-22-16-28-21-12-11-19(23(27)24-14-17-7-3-1-4-8-17)13-20(21)25(22)15-18-9-5-2-6-10-18/h1-13H,14-16H2,(H,24,27). The van der Waals surface area contributed by atoms with E-state index in [0.29, 0.717) is 24.4 Å². The monoisotopic (exact) mass is 388 g/mol. The molecule has 2 amide bonds. The minimum atomic E-state index is -0.144. The second-order valence-corrected chi connectivity index (χ2v) is 7.62. The van der Waals surface area contributed by atoms with Gasteiger partial charge in [-0.1, -0.05) is 60.7 Å². The third-order valence-electron chi connectivity index (χ3n) is 4.64. The van der Waals surface area contributed by atoms with E-state index in [1.807, 2.05) is 78.9 Å². The molecule has 0 unspecified atom stereocenters. The maximum atomic E-state index is 12.6. The Balaban J connectivity index is 1.55. The Morgan fingerprint density at radius 2 is 1.61 bits per heavy atom. The van der Waals surface area contributed by atoms with Crippen molar-refractivity contribution in [1.29, 1.82) is 0 Å². The zero-order chi connectivity index (χ0) is 19.3. The van der Waals surface area contributed by atoms with Crippen LogP contribution in [0.1, 0.15) is 21.5 Å². The molecule has 0 aromatic heterocycles. The number of benzene rings is 3. The van der Waals surface area contributed by atoms with Crippen LogP contribution in [0.5, 0.6) is 0 Å². The van der Waals surface area contributed by atoms with Gasteiger partial charge in [0.1, 0.15) is 0 Å². The molecule has 1 heterocycles. The molecule has 4 nitrogen and oxygen atoms in total. The molecule has 28 heavy (non-hydrogen) atoms. The van der Waals surface area contributed by atoms with Crippen LogP contribution in [0.4, 0.5) is 5.69 Å². The van der Waals surface area contributed by atoms with Crippen LogP contribution < -0.4 is 10.2 Å². The highest BCUT2D eigenvalue weighted by atomic mass is 32.2. The number of hydrogen-bond donors (Lipinski definition) is 1. The second-order valence-electron chi connectivity index (χ2n) is 6.60. The van der Waals surface area contributed by atoms with E-state index in [2.05, 4.69) is 5.32 Å². The third kappa shape index (κ3) is 4.10. The third-order valence-corrected chi connectivity index (χ3v) is 5.69. The van der Waals surface area contributed by atoms with Crippen molar-refractivity contribution in [3.8, 4) is 0 Å². The Hall–Kier alpha value is -3.05. The molecule has 0 aliphatic carbocycles. The summed E-state index contributed by atoms with van der Waals surface area (Å²) in [6, 6.07) is 25.3. The van der Waals surface area contributed by atoms with E-state index in [4.69, 9.17) is 0 Å². The Morgan fingerprint density at radius 3 is 2.32 bits per heavy atom. The van der Waals surface area contributed by atoms with Gasteiger partial charge in [0.2, 0.25) is 5.91 Å². The molecule has 0 fully saturated rings. The normalized spacial score (nSPS) is 13.1. The van der Waals surface area contributed by atoms with Gasteiger partial charge in [0, 0.05) is 17.0 Å². The summed E-state index contributed by atoms with van der Waals surface area (Å²) in [5, 5.41) is 2.95. The Labute approximate surface area is 168 Å². The molecule has 0 spiro atoms. The number of carbonyl (C=O) groups excluding carboxylic acids is 2. The molecule has 0 atom stereocenters. The van der Waals surface area contributed by atoms with Gasteiger partial charge in [0.25, 0.3) is 5.91 Å². The highest BCUT2D eigenvalue weighted by Crippen LogP contribution is 2.36. The largest absolute Gasteiger partial charge is 0.348 e. The number of nitrogens with zero attached hydrogens (tertiary/aromatic N) is 1. The summed E-state index contributed by atoms with van der Waals surface area (Å²) in [7, 11) is 0. The summed E-state index contributed by atoms with van der Waals surface area (Å²) >= 11 is 1.52. The van der Waals surface area contributed by atoms with Crippen molar-refractivity contribution in [1.82, 2.24) is 5.32 Å². The van der Waals surface area contributed by atoms with Crippen molar-refractivity contribution >= 4 is 29.3 Å². The average Bonchev–Trinajstić information content (AvgIpc) is 2.75. The van der Waals surface area contributed by atoms with Crippen molar-refractivity contribution in [2.45, 2.75) is 18.0 Å². The summed E-state index contributed by atoms with van der Waals surface area (Å²) < 4.78 is 0. The summed E-state index contributed by atoms with van der Waals surface area (Å²) in [4.78, 5) is 28.0. The molecule has 1 N–H and O–H groups in total. The van der Waals surface area contributed by atoms with E-state index in [-0.39, 0.29) is 11.8 Å². The van der Waals surface area contributed by atoms with Crippen LogP contribution in [0.25, 0.3) is 0 Å². The number of amides is 2. The van der Waals surface area contributed by atoms with E-state index >= 15 is 0 Å². The first-order chi connectivity index (χ1) is 13.7. The molecule has 0 saturated carbocycles. The van der Waals surface area contributed by atoms with Gasteiger partial charge in [0.15, 0.2) is 0 Å². The van der Waals surface area contributed by atoms with Gasteiger partial charge in [-0.15, -0.1) is 11.8 Å². The fourth-order valence-electron chi connectivity index (χ4n) is 3.16. The molecule has 140 valence electrons. The van der Waals surface area contributed by atoms with Crippen LogP contribution >= 0.6 is 11.8 Å². The molecule has 0 bridgehead atoms. The summed E-state index contributed by atoms with van der Waals surface area (Å²) in [5.41, 5.74) is 3.47. The fourth-order valence-corrected chi connectivity index (χ4v) is 4.08. The van der Waals surface area contributed by atoms with E-state index in [0.717, 1.165) is 21.7 Å². The molecule has 1 aliphatic heterocycles. The van der Waals surface area contributed by atoms with Crippen LogP contribution in [0.3, 0.4) is 0 Å². The number of fused-ring (bicyclic) bond motifs is 1. The minimum Gasteiger partial charge on any atom is -0.348 e. The molecular weight excluding hydrogens is 368 g/mol. The Kier molecular flexibility index (Phi) is 5.44. The van der Waals surface area contributed by atoms with Gasteiger partial charge in [0.05, 0.1) is 18.0 Å². The lowest BCUT2D eigenvalue weighted by Crippen LogP contribution is -2.35. The van der Waals surface area contributed by atoms with Crippen molar-refractivity contribution in [3.05, 3.63) is 95.6 Å². The van der Waals surface area contributed by atoms with E-state index in [9.17, 15) is 9.59 Å². The number of hydrogen-bond acceptors (Lipinski definition) is 3. The van der Waals surface area contributed by atoms with Crippen molar-refractivity contribution in [2.24, 2.45) is 0 Å². The van der Waals surface area contributed by atoms with Crippen LogP contribution in [0.15, 0.2) is 83.8 Å². The SMILES string of the molecule is O=C(NCc1ccccc1)c1ccc2c(c1)N(Cc1ccccc1)C(=O)CS2. The lowest BCUT2D eigenvalue weighted by atomic mass is 10.1. The highest BCUT2D eigenvalue weighted by Gasteiger charge is 2.26. The van der Waals surface area contributed by atoms with E-state index in [1.54, 1.807) is 4.90 Å². The Morgan fingerprint density at radius 1 is 0.929 bits per heavy atom. The van der Waals surface area contributed by atoms with Gasteiger partial charge < -0.3 is 10.2 Å². The van der Waals surface area contributed by atoms with Gasteiger partial charge in [-0.2, -0.15) is 0 Å². The molecule has 4 rings (SSSR count). The number of anilines is 1. The van der Waals surface area contributed by atoms with Crippen molar-refractivity contribution in [3.63, 3.8) is 0 Å². The highest BCUT2D eigenvalue weighted by molar-refractivity contribution is 8.00. The lowest BCUT2D eigenvalue weighted by Gasteiger charge is -2.29. The predicted molar refractivity (Wildman–Crippen MR) is 112 cm³/mol. The number of nitrogens with one attached hydrogen (secondary N) is 1. The first kappa shape index (κ1) is 18.3. The van der Waals surface area contributed by atoms with Gasteiger partial charge in [-0.3, -0.25) is 9.59 Å².